The quantitative estimate of drug-likeness (QED) is 0.173. The van der Waals surface area contributed by atoms with Crippen molar-refractivity contribution in [2.24, 2.45) is 0 Å². The summed E-state index contributed by atoms with van der Waals surface area (Å²) in [5, 5.41) is 11.5. The Bertz CT molecular complexity index is 2760. The maximum atomic E-state index is 13.1. The minimum Gasteiger partial charge on any atom is -0.477 e. The molecule has 1 saturated carbocycles. The molecule has 314 valence electrons. The lowest BCUT2D eigenvalue weighted by molar-refractivity contribution is -0.00354. The lowest BCUT2D eigenvalue weighted by atomic mass is 9.92. The Hall–Kier alpha value is -8.05. The third-order valence-electron chi connectivity index (χ3n) is 9.40. The number of benzene rings is 3. The molecule has 2 amide bonds. The van der Waals surface area contributed by atoms with Gasteiger partial charge in [-0.1, -0.05) is 53.7 Å². The molecule has 1 aliphatic heterocycles. The highest BCUT2D eigenvalue weighted by atomic mass is 19.1. The van der Waals surface area contributed by atoms with E-state index < -0.39 is 5.97 Å². The van der Waals surface area contributed by atoms with Crippen LogP contribution in [-0.4, -0.2) is 75.1 Å². The van der Waals surface area contributed by atoms with Crippen molar-refractivity contribution in [2.45, 2.75) is 31.3 Å². The monoisotopic (exact) mass is 845 g/mol. The molecule has 10 nitrogen and oxygen atoms in total. The Kier molecular flexibility index (Phi) is 15.5. The Balaban J connectivity index is 0.000000159. The predicted molar refractivity (Wildman–Crippen MR) is 229 cm³/mol. The number of carboxylic acids is 1. The van der Waals surface area contributed by atoms with Crippen LogP contribution in [-0.2, 0) is 4.74 Å². The molecule has 6 aromatic rings. The summed E-state index contributed by atoms with van der Waals surface area (Å²) in [6, 6.07) is 28.3. The molecular weight excluding hydrogens is 808 g/mol. The molecule has 3 aromatic heterocycles. The molecule has 0 bridgehead atoms. The van der Waals surface area contributed by atoms with Gasteiger partial charge < -0.3 is 20.1 Å². The molecule has 2 fully saturated rings. The number of aromatic carboxylic acids is 1. The standard InChI is InChI=1S/C19H17FN2O.C17H13FN2O2.C14H8FNO2/c1-22(17-6-3-7-17)19(23)18-11-10-15(13-21-18)9-8-14-4-2-5-16(20)12-14;18-14-3-1-2-12(8-14)4-5-13-6-7-16(19-9-13)17(21)20-15-10-22-11-15;15-12-3-1-2-10(8-12)4-5-11-6-7-13(14(17)18)16-9-11/h2,4-5,10-13,17H,3,6-7H2,1H3;1-3,6-9,15H,10-11H2,(H,20,21);1-3,6-9H,(H,17,18). The van der Waals surface area contributed by atoms with Gasteiger partial charge in [0.15, 0.2) is 0 Å². The van der Waals surface area contributed by atoms with Gasteiger partial charge in [0, 0.05) is 65.1 Å². The fourth-order valence-electron chi connectivity index (χ4n) is 5.62. The summed E-state index contributed by atoms with van der Waals surface area (Å²) in [6.07, 6.45) is 7.80. The number of nitrogens with one attached hydrogen (secondary N) is 1. The average Bonchev–Trinajstić information content (AvgIpc) is 3.25. The van der Waals surface area contributed by atoms with E-state index in [1.807, 2.05) is 7.05 Å². The molecule has 0 radical (unpaired) electrons. The normalized spacial score (nSPS) is 12.4. The van der Waals surface area contributed by atoms with Crippen molar-refractivity contribution in [3.63, 3.8) is 0 Å². The fourth-order valence-corrected chi connectivity index (χ4v) is 5.62. The van der Waals surface area contributed by atoms with E-state index >= 15 is 0 Å². The minimum absolute atomic E-state index is 0.0358. The molecule has 3 aromatic carbocycles. The number of pyridine rings is 3. The van der Waals surface area contributed by atoms with E-state index in [2.05, 4.69) is 55.8 Å². The lowest BCUT2D eigenvalue weighted by Crippen LogP contribution is -2.48. The van der Waals surface area contributed by atoms with E-state index in [0.717, 1.165) is 12.8 Å². The molecule has 8 rings (SSSR count). The van der Waals surface area contributed by atoms with Crippen LogP contribution in [0.2, 0.25) is 0 Å². The Morgan fingerprint density at radius 3 is 1.35 bits per heavy atom. The summed E-state index contributed by atoms with van der Waals surface area (Å²) in [5.41, 5.74) is 4.40. The van der Waals surface area contributed by atoms with Crippen molar-refractivity contribution in [3.8, 4) is 35.5 Å². The first-order valence-electron chi connectivity index (χ1n) is 19.6. The van der Waals surface area contributed by atoms with Crippen LogP contribution < -0.4 is 5.32 Å². The van der Waals surface area contributed by atoms with Crippen LogP contribution in [0.4, 0.5) is 13.2 Å². The van der Waals surface area contributed by atoms with Crippen molar-refractivity contribution < 1.29 is 37.4 Å². The zero-order valence-corrected chi connectivity index (χ0v) is 33.8. The second-order valence-corrected chi connectivity index (χ2v) is 14.1. The topological polar surface area (TPSA) is 135 Å². The Morgan fingerprint density at radius 2 is 1.02 bits per heavy atom. The number of amides is 2. The SMILES string of the molecule is CN(C(=O)c1ccc(C#Cc2cccc(F)c2)cn1)C1CCC1.O=C(NC1COC1)c1ccc(C#Cc2cccc(F)c2)cn1.O=C(O)c1ccc(C#Cc2cccc(F)c2)cn1. The largest absolute Gasteiger partial charge is 0.477 e. The van der Waals surface area contributed by atoms with Gasteiger partial charge in [0.05, 0.1) is 19.3 Å². The molecule has 2 N–H and O–H groups in total. The number of ether oxygens (including phenoxy) is 1. The number of carbonyl (C=O) groups excluding carboxylic acids is 2. The molecule has 0 spiro atoms. The molecular formula is C50H38F3N5O5. The highest BCUT2D eigenvalue weighted by Gasteiger charge is 2.27. The average molecular weight is 846 g/mol. The van der Waals surface area contributed by atoms with E-state index in [-0.39, 0.29) is 41.0 Å². The van der Waals surface area contributed by atoms with Gasteiger partial charge in [-0.2, -0.15) is 0 Å². The smallest absolute Gasteiger partial charge is 0.354 e. The van der Waals surface area contributed by atoms with Gasteiger partial charge in [-0.05, 0) is 110 Å². The summed E-state index contributed by atoms with van der Waals surface area (Å²) < 4.78 is 44.0. The highest BCUT2D eigenvalue weighted by Crippen LogP contribution is 2.24. The van der Waals surface area contributed by atoms with Gasteiger partial charge in [-0.25, -0.2) is 32.9 Å². The van der Waals surface area contributed by atoms with Gasteiger partial charge in [-0.15, -0.1) is 0 Å². The van der Waals surface area contributed by atoms with Crippen LogP contribution in [0.1, 0.15) is 84.1 Å². The molecule has 4 heterocycles. The first kappa shape index (κ1) is 44.5. The zero-order chi connectivity index (χ0) is 44.6. The summed E-state index contributed by atoms with van der Waals surface area (Å²) in [6.45, 7) is 1.09. The number of aromatic nitrogens is 3. The van der Waals surface area contributed by atoms with Crippen molar-refractivity contribution in [2.75, 3.05) is 20.3 Å². The third-order valence-corrected chi connectivity index (χ3v) is 9.40. The van der Waals surface area contributed by atoms with Crippen LogP contribution in [0.15, 0.2) is 128 Å². The van der Waals surface area contributed by atoms with Crippen molar-refractivity contribution >= 4 is 17.8 Å². The Morgan fingerprint density at radius 1 is 0.603 bits per heavy atom. The van der Waals surface area contributed by atoms with Gasteiger partial charge in [0.25, 0.3) is 11.8 Å². The van der Waals surface area contributed by atoms with Crippen LogP contribution in [0.5, 0.6) is 0 Å². The summed E-state index contributed by atoms with van der Waals surface area (Å²) in [7, 11) is 1.82. The molecule has 0 atom stereocenters. The van der Waals surface area contributed by atoms with Crippen molar-refractivity contribution in [3.05, 3.63) is 196 Å². The predicted octanol–water partition coefficient (Wildman–Crippen LogP) is 7.31. The molecule has 1 aliphatic carbocycles. The first-order chi connectivity index (χ1) is 30.5. The summed E-state index contributed by atoms with van der Waals surface area (Å²) in [4.78, 5) is 48.5. The lowest BCUT2D eigenvalue weighted by Gasteiger charge is -2.34. The van der Waals surface area contributed by atoms with Gasteiger partial charge >= 0.3 is 5.97 Å². The molecule has 0 unspecified atom stereocenters. The van der Waals surface area contributed by atoms with Gasteiger partial charge in [0.2, 0.25) is 0 Å². The summed E-state index contributed by atoms with van der Waals surface area (Å²) >= 11 is 0. The number of carbonyl (C=O) groups is 3. The number of hydrogen-bond acceptors (Lipinski definition) is 7. The minimum atomic E-state index is -1.08. The molecule has 13 heteroatoms. The highest BCUT2D eigenvalue weighted by molar-refractivity contribution is 5.93. The number of carboxylic acid groups (broad SMARTS) is 1. The van der Waals surface area contributed by atoms with E-state index in [9.17, 15) is 27.6 Å². The Labute approximate surface area is 362 Å². The van der Waals surface area contributed by atoms with E-state index in [0.29, 0.717) is 64.0 Å². The van der Waals surface area contributed by atoms with E-state index in [4.69, 9.17) is 9.84 Å². The third kappa shape index (κ3) is 13.7. The number of hydrogen-bond donors (Lipinski definition) is 2. The zero-order valence-electron chi connectivity index (χ0n) is 33.8. The van der Waals surface area contributed by atoms with E-state index in [1.165, 1.54) is 61.3 Å². The maximum Gasteiger partial charge on any atom is 0.354 e. The maximum absolute atomic E-state index is 13.1. The van der Waals surface area contributed by atoms with Crippen LogP contribution in [0.3, 0.4) is 0 Å². The number of halogens is 3. The van der Waals surface area contributed by atoms with Crippen LogP contribution >= 0.6 is 0 Å². The molecule has 1 saturated heterocycles. The second-order valence-electron chi connectivity index (χ2n) is 14.1. The van der Waals surface area contributed by atoms with Crippen molar-refractivity contribution in [1.29, 1.82) is 0 Å². The van der Waals surface area contributed by atoms with Crippen LogP contribution in [0, 0.1) is 53.0 Å². The molecule has 2 aliphatic rings. The summed E-state index contributed by atoms with van der Waals surface area (Å²) in [5.74, 6) is 14.8. The van der Waals surface area contributed by atoms with Crippen LogP contribution in [0.25, 0.3) is 0 Å². The first-order valence-corrected chi connectivity index (χ1v) is 19.6. The van der Waals surface area contributed by atoms with Gasteiger partial charge in [0.1, 0.15) is 34.5 Å². The van der Waals surface area contributed by atoms with Gasteiger partial charge in [-0.3, -0.25) is 9.59 Å². The number of rotatable bonds is 5. The van der Waals surface area contributed by atoms with Crippen molar-refractivity contribution in [1.82, 2.24) is 25.2 Å². The molecule has 63 heavy (non-hydrogen) atoms. The van der Waals surface area contributed by atoms with E-state index in [1.54, 1.807) is 77.8 Å². The number of nitrogens with zero attached hydrogens (tertiary/aromatic N) is 4. The fraction of sp³-hybridized carbons (Fsp3) is 0.160. The second kappa shape index (κ2) is 22.0.